The van der Waals surface area contributed by atoms with Crippen LogP contribution in [-0.4, -0.2) is 21.4 Å². The molecule has 0 saturated carbocycles. The maximum Gasteiger partial charge on any atom is 0.264 e. The van der Waals surface area contributed by atoms with Crippen molar-refractivity contribution in [3.8, 4) is 0 Å². The average Bonchev–Trinajstić information content (AvgIpc) is 3.40. The fourth-order valence-corrected chi connectivity index (χ4v) is 5.06. The quantitative estimate of drug-likeness (QED) is 0.478. The van der Waals surface area contributed by atoms with Crippen LogP contribution in [0, 0.1) is 5.82 Å². The summed E-state index contributed by atoms with van der Waals surface area (Å²) < 4.78 is 46.0. The number of sulfonamides is 1. The molecule has 0 unspecified atom stereocenters. The second-order valence-corrected chi connectivity index (χ2v) is 9.57. The number of thiophene rings is 1. The minimum Gasteiger partial charge on any atom is -0.467 e. The Bertz CT molecular complexity index is 1300. The van der Waals surface area contributed by atoms with Gasteiger partial charge in [0, 0.05) is 11.7 Å². The van der Waals surface area contributed by atoms with E-state index in [2.05, 4.69) is 5.32 Å². The molecule has 0 bridgehead atoms. The predicted octanol–water partition coefficient (Wildman–Crippen LogP) is 4.39. The van der Waals surface area contributed by atoms with E-state index in [0.717, 1.165) is 26.5 Å². The highest BCUT2D eigenvalue weighted by Gasteiger charge is 2.22. The molecule has 154 valence electrons. The second kappa shape index (κ2) is 7.92. The van der Waals surface area contributed by atoms with Crippen LogP contribution in [0.2, 0.25) is 0 Å². The zero-order valence-corrected chi connectivity index (χ0v) is 17.5. The molecule has 1 amide bonds. The summed E-state index contributed by atoms with van der Waals surface area (Å²) in [5.74, 6) is -0.0880. The summed E-state index contributed by atoms with van der Waals surface area (Å²) >= 11 is 1.32. The summed E-state index contributed by atoms with van der Waals surface area (Å²) in [6.07, 6.45) is 1.54. The molecular weight excluding hydrogens is 427 g/mol. The number of anilines is 1. The Kier molecular flexibility index (Phi) is 5.31. The van der Waals surface area contributed by atoms with Crippen molar-refractivity contribution < 1.29 is 22.0 Å². The lowest BCUT2D eigenvalue weighted by Gasteiger charge is -2.19. The topological polar surface area (TPSA) is 79.6 Å². The number of hydrogen-bond donors (Lipinski definition) is 1. The van der Waals surface area contributed by atoms with Gasteiger partial charge in [-0.05, 0) is 66.0 Å². The third kappa shape index (κ3) is 3.94. The van der Waals surface area contributed by atoms with Crippen LogP contribution in [0.25, 0.3) is 10.1 Å². The van der Waals surface area contributed by atoms with Gasteiger partial charge in [0.25, 0.3) is 15.9 Å². The molecule has 2 aromatic heterocycles. The minimum atomic E-state index is -3.84. The van der Waals surface area contributed by atoms with Gasteiger partial charge in [-0.1, -0.05) is 0 Å². The van der Waals surface area contributed by atoms with Gasteiger partial charge in [0.1, 0.15) is 11.6 Å². The lowest BCUT2D eigenvalue weighted by Crippen LogP contribution is -2.26. The Balaban J connectivity index is 1.57. The molecule has 0 aliphatic carbocycles. The molecule has 4 rings (SSSR count). The molecule has 1 N–H and O–H groups in total. The average molecular weight is 445 g/mol. The molecule has 9 heteroatoms. The van der Waals surface area contributed by atoms with Crippen LogP contribution in [0.1, 0.15) is 15.4 Å². The molecule has 30 heavy (non-hydrogen) atoms. The molecule has 2 heterocycles. The summed E-state index contributed by atoms with van der Waals surface area (Å²) in [7, 11) is -2.41. The zero-order valence-electron chi connectivity index (χ0n) is 15.8. The number of fused-ring (bicyclic) bond motifs is 1. The van der Waals surface area contributed by atoms with Gasteiger partial charge >= 0.3 is 0 Å². The summed E-state index contributed by atoms with van der Waals surface area (Å²) in [6, 6.07) is 15.1. The Morgan fingerprint density at radius 3 is 2.60 bits per heavy atom. The molecule has 6 nitrogen and oxygen atoms in total. The maximum absolute atomic E-state index is 13.1. The molecule has 0 aliphatic rings. The van der Waals surface area contributed by atoms with E-state index >= 15 is 0 Å². The number of halogens is 1. The first-order valence-corrected chi connectivity index (χ1v) is 11.2. The number of nitrogens with zero attached hydrogens (tertiary/aromatic N) is 1. The van der Waals surface area contributed by atoms with Crippen LogP contribution in [0.15, 0.2) is 76.2 Å². The Hall–Kier alpha value is -3.17. The zero-order chi connectivity index (χ0) is 21.3. The Morgan fingerprint density at radius 2 is 1.90 bits per heavy atom. The van der Waals surface area contributed by atoms with Gasteiger partial charge in [0.15, 0.2) is 0 Å². The molecule has 0 aliphatic heterocycles. The van der Waals surface area contributed by atoms with Crippen LogP contribution in [0.4, 0.5) is 10.1 Å². The molecule has 0 spiro atoms. The van der Waals surface area contributed by atoms with Crippen molar-refractivity contribution in [2.24, 2.45) is 0 Å². The third-order valence-corrected chi connectivity index (χ3v) is 7.48. The van der Waals surface area contributed by atoms with E-state index in [0.29, 0.717) is 16.3 Å². The molecule has 0 atom stereocenters. The van der Waals surface area contributed by atoms with E-state index in [1.165, 1.54) is 30.5 Å². The Morgan fingerprint density at radius 1 is 1.13 bits per heavy atom. The number of carbonyl (C=O) groups is 1. The predicted molar refractivity (Wildman–Crippen MR) is 114 cm³/mol. The molecule has 0 fully saturated rings. The maximum atomic E-state index is 13.1. The summed E-state index contributed by atoms with van der Waals surface area (Å²) in [6.45, 7) is 0.282. The van der Waals surface area contributed by atoms with Gasteiger partial charge in [0.05, 0.1) is 28.3 Å². The summed E-state index contributed by atoms with van der Waals surface area (Å²) in [5, 5.41) is 3.54. The summed E-state index contributed by atoms with van der Waals surface area (Å²) in [4.78, 5) is 12.9. The Labute approximate surface area is 176 Å². The van der Waals surface area contributed by atoms with E-state index in [9.17, 15) is 17.6 Å². The monoisotopic (exact) mass is 444 g/mol. The first kappa shape index (κ1) is 20.1. The van der Waals surface area contributed by atoms with Crippen molar-refractivity contribution in [2.75, 3.05) is 11.4 Å². The fourth-order valence-electron chi connectivity index (χ4n) is 2.91. The lowest BCUT2D eigenvalue weighted by atomic mass is 10.2. The molecule has 0 radical (unpaired) electrons. The van der Waals surface area contributed by atoms with E-state index in [1.54, 1.807) is 42.7 Å². The highest BCUT2D eigenvalue weighted by Crippen LogP contribution is 2.31. The standard InChI is InChI=1S/C21H17FN2O4S2/c1-24(30(26,27)18-7-4-15(22)5-8-18)16-6-9-19-14(11-16)12-20(29-19)21(25)23-13-17-3-2-10-28-17/h2-12H,13H2,1H3,(H,23,25). The SMILES string of the molecule is CN(c1ccc2sc(C(=O)NCc3ccco3)cc2c1)S(=O)(=O)c1ccc(F)cc1. The first-order valence-electron chi connectivity index (χ1n) is 8.93. The van der Waals surface area contributed by atoms with Gasteiger partial charge < -0.3 is 9.73 Å². The van der Waals surface area contributed by atoms with Gasteiger partial charge in [-0.3, -0.25) is 9.10 Å². The second-order valence-electron chi connectivity index (χ2n) is 6.52. The normalized spacial score (nSPS) is 11.5. The largest absolute Gasteiger partial charge is 0.467 e. The number of hydrogen-bond acceptors (Lipinski definition) is 5. The first-order chi connectivity index (χ1) is 14.3. The van der Waals surface area contributed by atoms with E-state index < -0.39 is 15.8 Å². The van der Waals surface area contributed by atoms with Crippen LogP contribution in [0.3, 0.4) is 0 Å². The van der Waals surface area contributed by atoms with Crippen molar-refractivity contribution in [1.29, 1.82) is 0 Å². The number of benzene rings is 2. The molecule has 0 saturated heterocycles. The van der Waals surface area contributed by atoms with Crippen molar-refractivity contribution in [2.45, 2.75) is 11.4 Å². The minimum absolute atomic E-state index is 0.00481. The van der Waals surface area contributed by atoms with Crippen LogP contribution in [-0.2, 0) is 16.6 Å². The highest BCUT2D eigenvalue weighted by molar-refractivity contribution is 7.92. The van der Waals surface area contributed by atoms with Gasteiger partial charge in [-0.25, -0.2) is 12.8 Å². The van der Waals surface area contributed by atoms with E-state index in [1.807, 2.05) is 0 Å². The number of carbonyl (C=O) groups excluding carboxylic acids is 1. The van der Waals surface area contributed by atoms with E-state index in [4.69, 9.17) is 4.42 Å². The van der Waals surface area contributed by atoms with Crippen LogP contribution >= 0.6 is 11.3 Å². The van der Waals surface area contributed by atoms with Crippen LogP contribution in [0.5, 0.6) is 0 Å². The number of nitrogens with one attached hydrogen (secondary N) is 1. The third-order valence-electron chi connectivity index (χ3n) is 4.56. The van der Waals surface area contributed by atoms with Crippen molar-refractivity contribution in [3.63, 3.8) is 0 Å². The van der Waals surface area contributed by atoms with Crippen molar-refractivity contribution in [3.05, 3.63) is 83.4 Å². The lowest BCUT2D eigenvalue weighted by molar-refractivity contribution is 0.0952. The van der Waals surface area contributed by atoms with Gasteiger partial charge in [-0.2, -0.15) is 0 Å². The highest BCUT2D eigenvalue weighted by atomic mass is 32.2. The van der Waals surface area contributed by atoms with Gasteiger partial charge in [0.2, 0.25) is 0 Å². The van der Waals surface area contributed by atoms with Gasteiger partial charge in [-0.15, -0.1) is 11.3 Å². The fraction of sp³-hybridized carbons (Fsp3) is 0.0952. The summed E-state index contributed by atoms with van der Waals surface area (Å²) in [5.41, 5.74) is 0.437. The molecule has 4 aromatic rings. The number of furan rings is 1. The number of rotatable bonds is 6. The number of amides is 1. The van der Waals surface area contributed by atoms with Crippen LogP contribution < -0.4 is 9.62 Å². The van der Waals surface area contributed by atoms with Crippen molar-refractivity contribution in [1.82, 2.24) is 5.32 Å². The molecule has 2 aromatic carbocycles. The van der Waals surface area contributed by atoms with Crippen molar-refractivity contribution >= 4 is 43.0 Å². The molecular formula is C21H17FN2O4S2. The van der Waals surface area contributed by atoms with E-state index in [-0.39, 0.29) is 17.3 Å². The smallest absolute Gasteiger partial charge is 0.264 e.